The van der Waals surface area contributed by atoms with E-state index in [9.17, 15) is 13.2 Å². The van der Waals surface area contributed by atoms with Gasteiger partial charge < -0.3 is 10.1 Å². The molecule has 1 amide bonds. The fourth-order valence-corrected chi connectivity index (χ4v) is 4.91. The Morgan fingerprint density at radius 1 is 1.09 bits per heavy atom. The first kappa shape index (κ1) is 24.2. The molecule has 1 atom stereocenters. The highest BCUT2D eigenvalue weighted by Gasteiger charge is 2.23. The molecule has 32 heavy (non-hydrogen) atoms. The van der Waals surface area contributed by atoms with E-state index in [4.69, 9.17) is 4.74 Å². The van der Waals surface area contributed by atoms with Crippen LogP contribution in [-0.4, -0.2) is 58.1 Å². The number of anilines is 1. The maximum atomic E-state index is 12.8. The zero-order chi connectivity index (χ0) is 23.1. The van der Waals surface area contributed by atoms with E-state index in [0.717, 1.165) is 25.1 Å². The van der Waals surface area contributed by atoms with Crippen LogP contribution < -0.4 is 10.0 Å². The van der Waals surface area contributed by atoms with Gasteiger partial charge in [0.2, 0.25) is 0 Å². The molecule has 0 radical (unpaired) electrons. The van der Waals surface area contributed by atoms with Crippen LogP contribution >= 0.6 is 0 Å². The molecule has 0 spiro atoms. The number of morpholine rings is 1. The number of nitrogens with one attached hydrogen (secondary N) is 2. The van der Waals surface area contributed by atoms with Crippen LogP contribution in [0.3, 0.4) is 0 Å². The van der Waals surface area contributed by atoms with Crippen molar-refractivity contribution in [1.82, 2.24) is 10.2 Å². The Bertz CT molecular complexity index is 1000. The molecular formula is C24H33N3O4S. The predicted octanol–water partition coefficient (Wildman–Crippen LogP) is 3.27. The van der Waals surface area contributed by atoms with Gasteiger partial charge in [0.05, 0.1) is 18.1 Å². The molecule has 8 heteroatoms. The number of carbonyl (C=O) groups excluding carboxylic acids is 1. The minimum Gasteiger partial charge on any atom is -0.379 e. The second kappa shape index (κ2) is 10.9. The van der Waals surface area contributed by atoms with E-state index < -0.39 is 10.0 Å². The average Bonchev–Trinajstić information content (AvgIpc) is 2.78. The lowest BCUT2D eigenvalue weighted by atomic mass is 10.0. The highest BCUT2D eigenvalue weighted by molar-refractivity contribution is 7.92. The van der Waals surface area contributed by atoms with Gasteiger partial charge in [0.1, 0.15) is 0 Å². The van der Waals surface area contributed by atoms with Crippen LogP contribution in [0.1, 0.15) is 36.2 Å². The fraction of sp³-hybridized carbons (Fsp3) is 0.458. The van der Waals surface area contributed by atoms with E-state index in [1.165, 1.54) is 12.1 Å². The summed E-state index contributed by atoms with van der Waals surface area (Å²) >= 11 is 0. The maximum absolute atomic E-state index is 12.8. The number of rotatable bonds is 9. The number of sulfonamides is 1. The van der Waals surface area contributed by atoms with Crippen molar-refractivity contribution in [3.05, 3.63) is 59.7 Å². The van der Waals surface area contributed by atoms with E-state index in [1.54, 1.807) is 24.3 Å². The molecule has 0 saturated carbocycles. The van der Waals surface area contributed by atoms with Crippen LogP contribution in [0.4, 0.5) is 5.69 Å². The van der Waals surface area contributed by atoms with Gasteiger partial charge >= 0.3 is 0 Å². The summed E-state index contributed by atoms with van der Waals surface area (Å²) in [5.74, 6) is 0.223. The van der Waals surface area contributed by atoms with Crippen LogP contribution in [0.15, 0.2) is 53.4 Å². The molecule has 1 heterocycles. The largest absolute Gasteiger partial charge is 0.379 e. The Balaban J connectivity index is 1.67. The first-order valence-electron chi connectivity index (χ1n) is 11.0. The highest BCUT2D eigenvalue weighted by Crippen LogP contribution is 2.18. The zero-order valence-electron chi connectivity index (χ0n) is 19.0. The van der Waals surface area contributed by atoms with Crippen LogP contribution in [0, 0.1) is 12.8 Å². The number of hydrogen-bond acceptors (Lipinski definition) is 5. The van der Waals surface area contributed by atoms with Crippen molar-refractivity contribution in [3.63, 3.8) is 0 Å². The molecule has 2 aromatic rings. The van der Waals surface area contributed by atoms with Crippen molar-refractivity contribution in [3.8, 4) is 0 Å². The monoisotopic (exact) mass is 459 g/mol. The lowest BCUT2D eigenvalue weighted by molar-refractivity contribution is 0.0124. The van der Waals surface area contributed by atoms with Gasteiger partial charge in [-0.05, 0) is 49.6 Å². The second-order valence-electron chi connectivity index (χ2n) is 8.64. The van der Waals surface area contributed by atoms with Crippen LogP contribution in [0.2, 0.25) is 0 Å². The molecule has 7 nitrogen and oxygen atoms in total. The molecule has 1 aliphatic rings. The summed E-state index contributed by atoms with van der Waals surface area (Å²) < 4.78 is 33.6. The summed E-state index contributed by atoms with van der Waals surface area (Å²) in [4.78, 5) is 15.2. The van der Waals surface area contributed by atoms with Crippen LogP contribution in [0.5, 0.6) is 0 Å². The van der Waals surface area contributed by atoms with E-state index in [0.29, 0.717) is 36.9 Å². The number of aryl methyl sites for hydroxylation is 1. The zero-order valence-corrected chi connectivity index (χ0v) is 19.8. The fourth-order valence-electron chi connectivity index (χ4n) is 3.80. The number of ether oxygens (including phenoxy) is 1. The quantitative estimate of drug-likeness (QED) is 0.601. The molecule has 3 rings (SSSR count). The lowest BCUT2D eigenvalue weighted by Gasteiger charge is -2.35. The Morgan fingerprint density at radius 2 is 1.78 bits per heavy atom. The summed E-state index contributed by atoms with van der Waals surface area (Å²) in [6.45, 7) is 9.90. The SMILES string of the molecule is Cc1ccc(NS(=O)(=O)c2cccc(C(=O)NCC(CC(C)C)N3CCOCC3)c2)cc1. The summed E-state index contributed by atoms with van der Waals surface area (Å²) in [5, 5.41) is 3.00. The minimum absolute atomic E-state index is 0.0534. The van der Waals surface area contributed by atoms with Crippen molar-refractivity contribution in [2.45, 2.75) is 38.1 Å². The summed E-state index contributed by atoms with van der Waals surface area (Å²) in [6, 6.07) is 13.4. The van der Waals surface area contributed by atoms with Gasteiger partial charge in [-0.3, -0.25) is 14.4 Å². The predicted molar refractivity (Wildman–Crippen MR) is 126 cm³/mol. The molecule has 2 aromatic carbocycles. The summed E-state index contributed by atoms with van der Waals surface area (Å²) in [5.41, 5.74) is 1.84. The number of hydrogen-bond donors (Lipinski definition) is 2. The van der Waals surface area contributed by atoms with Crippen molar-refractivity contribution in [1.29, 1.82) is 0 Å². The molecule has 1 saturated heterocycles. The average molecular weight is 460 g/mol. The van der Waals surface area contributed by atoms with Gasteiger partial charge in [0.25, 0.3) is 15.9 Å². The highest BCUT2D eigenvalue weighted by atomic mass is 32.2. The molecule has 174 valence electrons. The Morgan fingerprint density at radius 3 is 2.44 bits per heavy atom. The third kappa shape index (κ3) is 6.79. The third-order valence-corrected chi connectivity index (χ3v) is 6.89. The minimum atomic E-state index is -3.80. The molecular weight excluding hydrogens is 426 g/mol. The molecule has 1 aliphatic heterocycles. The molecule has 0 aromatic heterocycles. The number of amides is 1. The number of carbonyl (C=O) groups is 1. The standard InChI is InChI=1S/C24H33N3O4S/c1-18(2)15-22(27-11-13-31-14-12-27)17-25-24(28)20-5-4-6-23(16-20)32(29,30)26-21-9-7-19(3)8-10-21/h4-10,16,18,22,26H,11-15,17H2,1-3H3,(H,25,28). The van der Waals surface area contributed by atoms with Gasteiger partial charge in [0.15, 0.2) is 0 Å². The smallest absolute Gasteiger partial charge is 0.261 e. The molecule has 1 fully saturated rings. The number of nitrogens with zero attached hydrogens (tertiary/aromatic N) is 1. The van der Waals surface area contributed by atoms with Crippen LogP contribution in [-0.2, 0) is 14.8 Å². The van der Waals surface area contributed by atoms with E-state index in [2.05, 4.69) is 28.8 Å². The first-order valence-corrected chi connectivity index (χ1v) is 12.5. The van der Waals surface area contributed by atoms with Crippen molar-refractivity contribution in [2.75, 3.05) is 37.6 Å². The lowest BCUT2D eigenvalue weighted by Crippen LogP contribution is -2.49. The van der Waals surface area contributed by atoms with Gasteiger partial charge in [-0.2, -0.15) is 0 Å². The van der Waals surface area contributed by atoms with Crippen molar-refractivity contribution < 1.29 is 17.9 Å². The second-order valence-corrected chi connectivity index (χ2v) is 10.3. The molecule has 0 aliphatic carbocycles. The Kier molecular flexibility index (Phi) is 8.28. The summed E-state index contributed by atoms with van der Waals surface area (Å²) in [6.07, 6.45) is 0.967. The van der Waals surface area contributed by atoms with E-state index in [1.807, 2.05) is 19.1 Å². The normalized spacial score (nSPS) is 16.0. The maximum Gasteiger partial charge on any atom is 0.261 e. The third-order valence-electron chi connectivity index (χ3n) is 5.51. The molecule has 1 unspecified atom stereocenters. The summed E-state index contributed by atoms with van der Waals surface area (Å²) in [7, 11) is -3.80. The first-order chi connectivity index (χ1) is 15.2. The molecule has 0 bridgehead atoms. The molecule has 2 N–H and O–H groups in total. The van der Waals surface area contributed by atoms with Crippen LogP contribution in [0.25, 0.3) is 0 Å². The van der Waals surface area contributed by atoms with Crippen molar-refractivity contribution in [2.24, 2.45) is 5.92 Å². The topological polar surface area (TPSA) is 87.7 Å². The van der Waals surface area contributed by atoms with Crippen molar-refractivity contribution >= 4 is 21.6 Å². The van der Waals surface area contributed by atoms with Gasteiger partial charge in [-0.25, -0.2) is 8.42 Å². The van der Waals surface area contributed by atoms with Gasteiger partial charge in [-0.1, -0.05) is 37.6 Å². The Hall–Kier alpha value is -2.42. The van der Waals surface area contributed by atoms with Gasteiger partial charge in [-0.15, -0.1) is 0 Å². The number of benzene rings is 2. The Labute approximate surface area is 191 Å². The van der Waals surface area contributed by atoms with Gasteiger partial charge in [0, 0.05) is 36.9 Å². The van der Waals surface area contributed by atoms with E-state index in [-0.39, 0.29) is 16.8 Å². The van der Waals surface area contributed by atoms with E-state index >= 15 is 0 Å².